The van der Waals surface area contributed by atoms with Gasteiger partial charge in [0.25, 0.3) is 10.0 Å². The van der Waals surface area contributed by atoms with Crippen LogP contribution in [0.3, 0.4) is 0 Å². The van der Waals surface area contributed by atoms with Gasteiger partial charge in [0, 0.05) is 10.8 Å². The number of sulfonamides is 1. The molecule has 6 nitrogen and oxygen atoms in total. The van der Waals surface area contributed by atoms with E-state index in [1.54, 1.807) is 18.2 Å². The Labute approximate surface area is 160 Å². The zero-order valence-corrected chi connectivity index (χ0v) is 16.0. The Morgan fingerprint density at radius 3 is 2.52 bits per heavy atom. The molecular weight excluding hydrogens is 386 g/mol. The number of furan rings is 1. The topological polar surface area (TPSA) is 87.8 Å². The molecule has 0 bridgehead atoms. The minimum Gasteiger partial charge on any atom is -0.508 e. The normalized spacial score (nSPS) is 19.0. The Balaban J connectivity index is 1.73. The fourth-order valence-electron chi connectivity index (χ4n) is 3.05. The standard InChI is InChI=1S/C19H17NO5S2/c1-12-4-9-18(26-12)27(23,24)20(13-5-7-14(21)8-6-13)19(22)16-11-15(16)17-3-2-10-25-17/h2-10,15-16,21H,11H2,1H3/t15-,16-/m1/s1. The summed E-state index contributed by atoms with van der Waals surface area (Å²) >= 11 is 1.12. The van der Waals surface area contributed by atoms with Crippen LogP contribution in [0.4, 0.5) is 5.69 Å². The van der Waals surface area contributed by atoms with Crippen molar-refractivity contribution in [3.05, 3.63) is 65.4 Å². The maximum Gasteiger partial charge on any atom is 0.280 e. The third kappa shape index (κ3) is 3.26. The quantitative estimate of drug-likeness (QED) is 0.698. The summed E-state index contributed by atoms with van der Waals surface area (Å²) < 4.78 is 32.8. The summed E-state index contributed by atoms with van der Waals surface area (Å²) in [6.45, 7) is 1.81. The summed E-state index contributed by atoms with van der Waals surface area (Å²) in [5.74, 6) is -0.389. The second-order valence-electron chi connectivity index (χ2n) is 6.45. The zero-order chi connectivity index (χ0) is 19.2. The predicted octanol–water partition coefficient (Wildman–Crippen LogP) is 3.88. The van der Waals surface area contributed by atoms with Gasteiger partial charge in [0.05, 0.1) is 17.9 Å². The number of benzene rings is 1. The Morgan fingerprint density at radius 2 is 1.93 bits per heavy atom. The van der Waals surface area contributed by atoms with Gasteiger partial charge in [-0.1, -0.05) is 0 Å². The minimum atomic E-state index is -4.05. The monoisotopic (exact) mass is 403 g/mol. The maximum atomic E-state index is 13.2. The lowest BCUT2D eigenvalue weighted by molar-refractivity contribution is -0.118. The summed E-state index contributed by atoms with van der Waals surface area (Å²) in [6.07, 6.45) is 2.08. The van der Waals surface area contributed by atoms with Crippen molar-refractivity contribution in [1.29, 1.82) is 0 Å². The molecule has 1 amide bonds. The van der Waals surface area contributed by atoms with Crippen molar-refractivity contribution >= 4 is 33.0 Å². The van der Waals surface area contributed by atoms with Crippen LogP contribution in [0.2, 0.25) is 0 Å². The molecule has 0 spiro atoms. The second-order valence-corrected chi connectivity index (χ2v) is 9.75. The molecular formula is C19H17NO5S2. The molecule has 1 saturated carbocycles. The number of aryl methyl sites for hydroxylation is 1. The van der Waals surface area contributed by atoms with Gasteiger partial charge in [0.15, 0.2) is 0 Å². The highest BCUT2D eigenvalue weighted by molar-refractivity contribution is 7.95. The number of phenolic OH excluding ortho intramolecular Hbond substituents is 1. The van der Waals surface area contributed by atoms with Crippen LogP contribution in [0.15, 0.2) is 63.4 Å². The highest BCUT2D eigenvalue weighted by atomic mass is 32.2. The van der Waals surface area contributed by atoms with Crippen molar-refractivity contribution < 1.29 is 22.7 Å². The van der Waals surface area contributed by atoms with E-state index in [9.17, 15) is 18.3 Å². The van der Waals surface area contributed by atoms with Gasteiger partial charge >= 0.3 is 0 Å². The molecule has 1 aromatic carbocycles. The van der Waals surface area contributed by atoms with Crippen LogP contribution < -0.4 is 4.31 Å². The summed E-state index contributed by atoms with van der Waals surface area (Å²) in [7, 11) is -4.05. The SMILES string of the molecule is Cc1ccc(S(=O)(=O)N(C(=O)[C@@H]2C[C@H]2c2ccco2)c2ccc(O)cc2)s1. The van der Waals surface area contributed by atoms with Crippen LogP contribution in [0.1, 0.15) is 23.0 Å². The van der Waals surface area contributed by atoms with Gasteiger partial charge in [-0.05, 0) is 61.9 Å². The molecule has 3 aromatic rings. The third-order valence-electron chi connectivity index (χ3n) is 4.51. The predicted molar refractivity (Wildman–Crippen MR) is 101 cm³/mol. The molecule has 27 heavy (non-hydrogen) atoms. The van der Waals surface area contributed by atoms with E-state index in [0.29, 0.717) is 12.2 Å². The van der Waals surface area contributed by atoms with Gasteiger partial charge in [0.1, 0.15) is 15.7 Å². The molecule has 2 aromatic heterocycles. The number of anilines is 1. The number of nitrogens with zero attached hydrogens (tertiary/aromatic N) is 1. The van der Waals surface area contributed by atoms with Gasteiger partial charge in [-0.15, -0.1) is 11.3 Å². The van der Waals surface area contributed by atoms with Gasteiger partial charge < -0.3 is 9.52 Å². The molecule has 1 N–H and O–H groups in total. The highest BCUT2D eigenvalue weighted by Gasteiger charge is 2.50. The van der Waals surface area contributed by atoms with Gasteiger partial charge in [-0.2, -0.15) is 8.42 Å². The van der Waals surface area contributed by atoms with Crippen LogP contribution in [0, 0.1) is 12.8 Å². The second kappa shape index (κ2) is 6.54. The number of thiophene rings is 1. The largest absolute Gasteiger partial charge is 0.508 e. The van der Waals surface area contributed by atoms with Crippen molar-refractivity contribution in [3.63, 3.8) is 0 Å². The average Bonchev–Trinajstić information content (AvgIpc) is 3.03. The lowest BCUT2D eigenvalue weighted by Crippen LogP contribution is -2.38. The first-order valence-corrected chi connectivity index (χ1v) is 10.6. The van der Waals surface area contributed by atoms with Gasteiger partial charge in [-0.25, -0.2) is 4.31 Å². The molecule has 4 rings (SSSR count). The first kappa shape index (κ1) is 17.8. The van der Waals surface area contributed by atoms with Crippen molar-refractivity contribution in [3.8, 4) is 5.75 Å². The van der Waals surface area contributed by atoms with E-state index in [0.717, 1.165) is 20.5 Å². The minimum absolute atomic E-state index is 0.00426. The number of aromatic hydroxyl groups is 1. The summed E-state index contributed by atoms with van der Waals surface area (Å²) in [6, 6.07) is 12.3. The number of hydrogen-bond acceptors (Lipinski definition) is 6. The molecule has 0 saturated heterocycles. The van der Waals surface area contributed by atoms with E-state index >= 15 is 0 Å². The van der Waals surface area contributed by atoms with Crippen molar-refractivity contribution in [2.45, 2.75) is 23.5 Å². The van der Waals surface area contributed by atoms with E-state index in [4.69, 9.17) is 4.42 Å². The van der Waals surface area contributed by atoms with E-state index in [1.807, 2.05) is 6.92 Å². The van der Waals surface area contributed by atoms with E-state index < -0.39 is 21.8 Å². The third-order valence-corrected chi connectivity index (χ3v) is 7.70. The first-order valence-electron chi connectivity index (χ1n) is 8.36. The maximum absolute atomic E-state index is 13.2. The molecule has 0 radical (unpaired) electrons. The molecule has 1 aliphatic rings. The average molecular weight is 403 g/mol. The Hall–Kier alpha value is -2.58. The lowest BCUT2D eigenvalue weighted by Gasteiger charge is -2.22. The van der Waals surface area contributed by atoms with Crippen LogP contribution in [-0.4, -0.2) is 19.4 Å². The van der Waals surface area contributed by atoms with Crippen LogP contribution in [-0.2, 0) is 14.8 Å². The first-order chi connectivity index (χ1) is 12.9. The summed E-state index contributed by atoms with van der Waals surface area (Å²) in [4.78, 5) is 14.0. The molecule has 2 atom stereocenters. The summed E-state index contributed by atoms with van der Waals surface area (Å²) in [5, 5.41) is 9.53. The number of amides is 1. The van der Waals surface area contributed by atoms with E-state index in [2.05, 4.69) is 0 Å². The van der Waals surface area contributed by atoms with Crippen LogP contribution in [0.5, 0.6) is 5.75 Å². The smallest absolute Gasteiger partial charge is 0.280 e. The van der Waals surface area contributed by atoms with Crippen LogP contribution >= 0.6 is 11.3 Å². The molecule has 8 heteroatoms. The number of rotatable bonds is 5. The van der Waals surface area contributed by atoms with E-state index in [1.165, 1.54) is 36.6 Å². The molecule has 140 valence electrons. The summed E-state index contributed by atoms with van der Waals surface area (Å²) in [5.41, 5.74) is 0.203. The van der Waals surface area contributed by atoms with E-state index in [-0.39, 0.29) is 21.6 Å². The van der Waals surface area contributed by atoms with Crippen molar-refractivity contribution in [2.24, 2.45) is 5.92 Å². The fraction of sp³-hybridized carbons (Fsp3) is 0.211. The molecule has 1 fully saturated rings. The number of carbonyl (C=O) groups excluding carboxylic acids is 1. The Bertz CT molecular complexity index is 1070. The van der Waals surface area contributed by atoms with Crippen molar-refractivity contribution in [2.75, 3.05) is 4.31 Å². The number of carbonyl (C=O) groups is 1. The molecule has 0 unspecified atom stereocenters. The Kier molecular flexibility index (Phi) is 4.32. The van der Waals surface area contributed by atoms with Crippen LogP contribution in [0.25, 0.3) is 0 Å². The number of hydrogen-bond donors (Lipinski definition) is 1. The fourth-order valence-corrected chi connectivity index (χ4v) is 5.87. The molecule has 0 aliphatic heterocycles. The lowest BCUT2D eigenvalue weighted by atomic mass is 10.2. The zero-order valence-electron chi connectivity index (χ0n) is 14.4. The Morgan fingerprint density at radius 1 is 1.19 bits per heavy atom. The van der Waals surface area contributed by atoms with Gasteiger partial charge in [0.2, 0.25) is 5.91 Å². The molecule has 2 heterocycles. The highest BCUT2D eigenvalue weighted by Crippen LogP contribution is 2.49. The van der Waals surface area contributed by atoms with Crippen molar-refractivity contribution in [1.82, 2.24) is 0 Å². The van der Waals surface area contributed by atoms with Gasteiger partial charge in [-0.3, -0.25) is 4.79 Å². The number of phenols is 1. The molecule has 1 aliphatic carbocycles.